The number of ether oxygens (including phenoxy) is 1. The SMILES string of the molecule is CCCCOC(=O)C(N)CCCC.Cc1ccc(S(=O)(=O)O)cc1. The van der Waals surface area contributed by atoms with E-state index in [-0.39, 0.29) is 10.9 Å². The monoisotopic (exact) mass is 359 g/mol. The van der Waals surface area contributed by atoms with Crippen molar-refractivity contribution in [1.29, 1.82) is 0 Å². The molecular formula is C17H29NO5S. The van der Waals surface area contributed by atoms with Gasteiger partial charge in [-0.05, 0) is 31.9 Å². The first-order valence-electron chi connectivity index (χ1n) is 8.18. The molecule has 0 saturated carbocycles. The molecule has 0 fully saturated rings. The van der Waals surface area contributed by atoms with Crippen molar-refractivity contribution in [2.24, 2.45) is 5.73 Å². The summed E-state index contributed by atoms with van der Waals surface area (Å²) in [4.78, 5) is 11.1. The predicted molar refractivity (Wildman–Crippen MR) is 94.4 cm³/mol. The number of esters is 1. The second-order valence-electron chi connectivity index (χ2n) is 5.56. The van der Waals surface area contributed by atoms with E-state index < -0.39 is 16.2 Å². The standard InChI is InChI=1S/C10H21NO2.C7H8O3S/c1-3-5-7-9(11)10(12)13-8-6-4-2;1-6-2-4-7(5-3-6)11(8,9)10/h9H,3-8,11H2,1-2H3;2-5H,1H3,(H,8,9,10). The summed E-state index contributed by atoms with van der Waals surface area (Å²) in [5.41, 5.74) is 6.57. The van der Waals surface area contributed by atoms with Gasteiger partial charge in [0, 0.05) is 0 Å². The van der Waals surface area contributed by atoms with Gasteiger partial charge in [0.05, 0.1) is 11.5 Å². The summed E-state index contributed by atoms with van der Waals surface area (Å²) in [6.07, 6.45) is 4.76. The Balaban J connectivity index is 0.000000446. The molecule has 1 rings (SSSR count). The zero-order chi connectivity index (χ0) is 18.6. The normalized spacial score (nSPS) is 12.0. The van der Waals surface area contributed by atoms with Crippen LogP contribution in [0.3, 0.4) is 0 Å². The van der Waals surface area contributed by atoms with Gasteiger partial charge >= 0.3 is 5.97 Å². The third-order valence-electron chi connectivity index (χ3n) is 3.23. The Bertz CT molecular complexity index is 569. The molecule has 0 radical (unpaired) electrons. The average molecular weight is 359 g/mol. The van der Waals surface area contributed by atoms with Gasteiger partial charge < -0.3 is 10.5 Å². The van der Waals surface area contributed by atoms with Gasteiger partial charge in [-0.25, -0.2) is 0 Å². The molecule has 0 aliphatic heterocycles. The molecular weight excluding hydrogens is 330 g/mol. The maximum Gasteiger partial charge on any atom is 0.322 e. The fourth-order valence-corrected chi connectivity index (χ4v) is 2.16. The summed E-state index contributed by atoms with van der Waals surface area (Å²) in [7, 11) is -4.02. The Kier molecular flexibility index (Phi) is 11.3. The summed E-state index contributed by atoms with van der Waals surface area (Å²) in [6.45, 7) is 6.49. The van der Waals surface area contributed by atoms with Gasteiger partial charge in [-0.1, -0.05) is 50.8 Å². The molecule has 0 aromatic heterocycles. The number of hydrogen-bond donors (Lipinski definition) is 2. The molecule has 1 unspecified atom stereocenters. The van der Waals surface area contributed by atoms with Crippen LogP contribution in [-0.4, -0.2) is 31.6 Å². The third-order valence-corrected chi connectivity index (χ3v) is 4.10. The highest BCUT2D eigenvalue weighted by Crippen LogP contribution is 2.08. The van der Waals surface area contributed by atoms with Gasteiger partial charge in [-0.3, -0.25) is 9.35 Å². The van der Waals surface area contributed by atoms with Crippen LogP contribution < -0.4 is 5.73 Å². The molecule has 0 amide bonds. The van der Waals surface area contributed by atoms with Crippen LogP contribution in [0.15, 0.2) is 29.2 Å². The molecule has 0 heterocycles. The predicted octanol–water partition coefficient (Wildman–Crippen LogP) is 3.09. The minimum absolute atomic E-state index is 0.0666. The Morgan fingerprint density at radius 3 is 2.17 bits per heavy atom. The second kappa shape index (κ2) is 12.0. The Morgan fingerprint density at radius 2 is 1.71 bits per heavy atom. The van der Waals surface area contributed by atoms with E-state index in [1.165, 1.54) is 12.1 Å². The lowest BCUT2D eigenvalue weighted by Crippen LogP contribution is -2.32. The lowest BCUT2D eigenvalue weighted by Gasteiger charge is -2.10. The molecule has 1 atom stereocenters. The third kappa shape index (κ3) is 10.4. The van der Waals surface area contributed by atoms with E-state index in [1.807, 2.05) is 6.92 Å². The highest BCUT2D eigenvalue weighted by molar-refractivity contribution is 7.85. The summed E-state index contributed by atoms with van der Waals surface area (Å²) in [5.74, 6) is -0.248. The van der Waals surface area contributed by atoms with Crippen molar-refractivity contribution in [2.75, 3.05) is 6.61 Å². The molecule has 0 aliphatic rings. The molecule has 6 nitrogen and oxygen atoms in total. The Morgan fingerprint density at radius 1 is 1.17 bits per heavy atom. The topological polar surface area (TPSA) is 107 Å². The van der Waals surface area contributed by atoms with Crippen molar-refractivity contribution >= 4 is 16.1 Å². The molecule has 1 aromatic rings. The van der Waals surface area contributed by atoms with Crippen LogP contribution in [0, 0.1) is 6.92 Å². The zero-order valence-electron chi connectivity index (χ0n) is 14.7. The number of benzene rings is 1. The summed E-state index contributed by atoms with van der Waals surface area (Å²) in [5, 5.41) is 0. The Hall–Kier alpha value is -1.44. The van der Waals surface area contributed by atoms with Gasteiger partial charge in [-0.2, -0.15) is 8.42 Å². The number of nitrogens with two attached hydrogens (primary N) is 1. The molecule has 0 aliphatic carbocycles. The fraction of sp³-hybridized carbons (Fsp3) is 0.588. The molecule has 0 saturated heterocycles. The lowest BCUT2D eigenvalue weighted by molar-refractivity contribution is -0.145. The number of hydrogen-bond acceptors (Lipinski definition) is 5. The van der Waals surface area contributed by atoms with Crippen LogP contribution in [0.2, 0.25) is 0 Å². The van der Waals surface area contributed by atoms with Gasteiger partial charge in [0.15, 0.2) is 0 Å². The first-order chi connectivity index (χ1) is 11.2. The first kappa shape index (κ1) is 22.6. The van der Waals surface area contributed by atoms with Crippen molar-refractivity contribution in [2.45, 2.75) is 63.8 Å². The van der Waals surface area contributed by atoms with E-state index in [2.05, 4.69) is 13.8 Å². The molecule has 7 heteroatoms. The minimum Gasteiger partial charge on any atom is -0.465 e. The Labute approximate surface area is 145 Å². The molecule has 0 bridgehead atoms. The van der Waals surface area contributed by atoms with E-state index in [9.17, 15) is 13.2 Å². The molecule has 1 aromatic carbocycles. The minimum atomic E-state index is -4.02. The van der Waals surface area contributed by atoms with Crippen LogP contribution in [0.25, 0.3) is 0 Å². The van der Waals surface area contributed by atoms with Crippen molar-refractivity contribution in [1.82, 2.24) is 0 Å². The van der Waals surface area contributed by atoms with Crippen molar-refractivity contribution in [3.63, 3.8) is 0 Å². The van der Waals surface area contributed by atoms with Crippen molar-refractivity contribution in [3.8, 4) is 0 Å². The summed E-state index contributed by atoms with van der Waals surface area (Å²) < 4.78 is 34.5. The quantitative estimate of drug-likeness (QED) is 0.420. The fourth-order valence-electron chi connectivity index (χ4n) is 1.68. The molecule has 138 valence electrons. The highest BCUT2D eigenvalue weighted by atomic mass is 32.2. The zero-order valence-corrected chi connectivity index (χ0v) is 15.5. The van der Waals surface area contributed by atoms with E-state index in [1.54, 1.807) is 12.1 Å². The number of carbonyl (C=O) groups excluding carboxylic acids is 1. The first-order valence-corrected chi connectivity index (χ1v) is 9.62. The van der Waals surface area contributed by atoms with Crippen LogP contribution in [0.1, 0.15) is 51.5 Å². The van der Waals surface area contributed by atoms with Crippen LogP contribution in [-0.2, 0) is 19.6 Å². The van der Waals surface area contributed by atoms with Gasteiger partial charge in [0.2, 0.25) is 0 Å². The maximum atomic E-state index is 11.2. The van der Waals surface area contributed by atoms with E-state index >= 15 is 0 Å². The van der Waals surface area contributed by atoms with Gasteiger partial charge in [0.25, 0.3) is 10.1 Å². The van der Waals surface area contributed by atoms with E-state index in [0.717, 1.165) is 37.7 Å². The summed E-state index contributed by atoms with van der Waals surface area (Å²) in [6, 6.07) is 5.57. The van der Waals surface area contributed by atoms with E-state index in [0.29, 0.717) is 6.61 Å². The lowest BCUT2D eigenvalue weighted by atomic mass is 10.1. The van der Waals surface area contributed by atoms with Gasteiger partial charge in [0.1, 0.15) is 6.04 Å². The maximum absolute atomic E-state index is 11.2. The van der Waals surface area contributed by atoms with Crippen molar-refractivity contribution in [3.05, 3.63) is 29.8 Å². The van der Waals surface area contributed by atoms with Crippen LogP contribution in [0.4, 0.5) is 0 Å². The number of carbonyl (C=O) groups is 1. The smallest absolute Gasteiger partial charge is 0.322 e. The van der Waals surface area contributed by atoms with Crippen molar-refractivity contribution < 1.29 is 22.5 Å². The number of unbranched alkanes of at least 4 members (excludes halogenated alkanes) is 2. The highest BCUT2D eigenvalue weighted by Gasteiger charge is 2.13. The van der Waals surface area contributed by atoms with Crippen LogP contribution in [0.5, 0.6) is 0 Å². The molecule has 3 N–H and O–H groups in total. The van der Waals surface area contributed by atoms with Gasteiger partial charge in [-0.15, -0.1) is 0 Å². The average Bonchev–Trinajstić information content (AvgIpc) is 2.52. The summed E-state index contributed by atoms with van der Waals surface area (Å²) >= 11 is 0. The second-order valence-corrected chi connectivity index (χ2v) is 6.98. The molecule has 0 spiro atoms. The number of aryl methyl sites for hydroxylation is 1. The molecule has 24 heavy (non-hydrogen) atoms. The van der Waals surface area contributed by atoms with Crippen LogP contribution >= 0.6 is 0 Å². The largest absolute Gasteiger partial charge is 0.465 e. The van der Waals surface area contributed by atoms with E-state index in [4.69, 9.17) is 15.0 Å². The number of rotatable bonds is 8.